The molecular weight excluding hydrogens is 277 g/mol. The third-order valence-electron chi connectivity index (χ3n) is 3.87. The summed E-state index contributed by atoms with van der Waals surface area (Å²) in [5.74, 6) is -1.91. The zero-order valence-electron chi connectivity index (χ0n) is 11.8. The smallest absolute Gasteiger partial charge is 0.307 e. The second kappa shape index (κ2) is 6.22. The molecule has 114 valence electrons. The van der Waals surface area contributed by atoms with E-state index in [9.17, 15) is 14.0 Å². The van der Waals surface area contributed by atoms with Gasteiger partial charge >= 0.3 is 5.97 Å². The van der Waals surface area contributed by atoms with Crippen molar-refractivity contribution in [3.8, 4) is 0 Å². The van der Waals surface area contributed by atoms with Gasteiger partial charge in [-0.25, -0.2) is 4.39 Å². The van der Waals surface area contributed by atoms with Gasteiger partial charge in [0.15, 0.2) is 0 Å². The Bertz CT molecular complexity index is 555. The van der Waals surface area contributed by atoms with Crippen LogP contribution in [-0.2, 0) is 20.7 Å². The predicted octanol–water partition coefficient (Wildman–Crippen LogP) is 2.21. The molecule has 1 aromatic carbocycles. The van der Waals surface area contributed by atoms with Gasteiger partial charge in [0.25, 0.3) is 0 Å². The van der Waals surface area contributed by atoms with Gasteiger partial charge in [0, 0.05) is 12.8 Å². The molecule has 1 fully saturated rings. The Kier molecular flexibility index (Phi) is 4.57. The molecule has 0 atom stereocenters. The van der Waals surface area contributed by atoms with Crippen LogP contribution < -0.4 is 5.32 Å². The fourth-order valence-corrected chi connectivity index (χ4v) is 2.51. The molecule has 0 aromatic heterocycles. The minimum Gasteiger partial charge on any atom is -0.481 e. The van der Waals surface area contributed by atoms with Crippen molar-refractivity contribution in [3.63, 3.8) is 0 Å². The number of rotatable bonds is 6. The molecule has 1 aromatic rings. The molecule has 2 N–H and O–H groups in total. The van der Waals surface area contributed by atoms with Gasteiger partial charge in [0.1, 0.15) is 5.82 Å². The first kappa shape index (κ1) is 15.4. The van der Waals surface area contributed by atoms with Gasteiger partial charge in [0.2, 0.25) is 5.91 Å². The van der Waals surface area contributed by atoms with Crippen LogP contribution in [0, 0.1) is 11.2 Å². The van der Waals surface area contributed by atoms with Gasteiger partial charge < -0.3 is 15.2 Å². The highest BCUT2D eigenvalue weighted by Gasteiger charge is 2.44. The fourth-order valence-electron chi connectivity index (χ4n) is 2.51. The van der Waals surface area contributed by atoms with Crippen molar-refractivity contribution in [2.75, 3.05) is 19.0 Å². The molecule has 0 radical (unpaired) electrons. The van der Waals surface area contributed by atoms with Crippen molar-refractivity contribution >= 4 is 17.6 Å². The van der Waals surface area contributed by atoms with E-state index >= 15 is 0 Å². The molecule has 21 heavy (non-hydrogen) atoms. The monoisotopic (exact) mass is 295 g/mol. The quantitative estimate of drug-likeness (QED) is 0.843. The Morgan fingerprint density at radius 3 is 2.62 bits per heavy atom. The second-order valence-electron chi connectivity index (χ2n) is 5.40. The lowest BCUT2D eigenvalue weighted by Gasteiger charge is -2.39. The Morgan fingerprint density at radius 1 is 1.43 bits per heavy atom. The number of carbonyl (C=O) groups is 2. The van der Waals surface area contributed by atoms with Crippen molar-refractivity contribution in [1.29, 1.82) is 0 Å². The summed E-state index contributed by atoms with van der Waals surface area (Å²) in [7, 11) is 1.55. The number of halogens is 1. The lowest BCUT2D eigenvalue weighted by molar-refractivity contribution is -0.136. The molecule has 5 nitrogen and oxygen atoms in total. The Morgan fingerprint density at radius 2 is 2.14 bits per heavy atom. The molecule has 1 amide bonds. The van der Waals surface area contributed by atoms with E-state index in [2.05, 4.69) is 5.32 Å². The van der Waals surface area contributed by atoms with E-state index in [1.807, 2.05) is 0 Å². The first-order valence-corrected chi connectivity index (χ1v) is 6.77. The summed E-state index contributed by atoms with van der Waals surface area (Å²) < 4.78 is 18.9. The maximum atomic E-state index is 13.8. The molecule has 0 unspecified atom stereocenters. The van der Waals surface area contributed by atoms with Crippen LogP contribution in [0.1, 0.15) is 24.8 Å². The van der Waals surface area contributed by atoms with E-state index in [0.717, 1.165) is 25.3 Å². The number of hydrogen-bond acceptors (Lipinski definition) is 3. The summed E-state index contributed by atoms with van der Waals surface area (Å²) in [5, 5.41) is 11.3. The van der Waals surface area contributed by atoms with Crippen molar-refractivity contribution in [2.24, 2.45) is 5.41 Å². The lowest BCUT2D eigenvalue weighted by Crippen LogP contribution is -2.45. The minimum absolute atomic E-state index is 0.0933. The number of nitrogens with one attached hydrogen (secondary N) is 1. The molecule has 1 aliphatic carbocycles. The van der Waals surface area contributed by atoms with Crippen LogP contribution in [0.5, 0.6) is 0 Å². The number of anilines is 1. The first-order chi connectivity index (χ1) is 9.97. The summed E-state index contributed by atoms with van der Waals surface area (Å²) in [4.78, 5) is 22.9. The average Bonchev–Trinajstić information content (AvgIpc) is 2.36. The van der Waals surface area contributed by atoms with E-state index in [4.69, 9.17) is 9.84 Å². The van der Waals surface area contributed by atoms with Crippen LogP contribution in [0.3, 0.4) is 0 Å². The Balaban J connectivity index is 2.07. The van der Waals surface area contributed by atoms with Crippen LogP contribution >= 0.6 is 0 Å². The molecule has 0 spiro atoms. The molecule has 2 rings (SSSR count). The summed E-state index contributed by atoms with van der Waals surface area (Å²) in [5.41, 5.74) is -0.102. The second-order valence-corrected chi connectivity index (χ2v) is 5.40. The van der Waals surface area contributed by atoms with Crippen molar-refractivity contribution in [1.82, 2.24) is 0 Å². The number of amides is 1. The molecule has 0 saturated heterocycles. The third-order valence-corrected chi connectivity index (χ3v) is 3.87. The fraction of sp³-hybridized carbons (Fsp3) is 0.467. The van der Waals surface area contributed by atoms with Crippen LogP contribution in [0.15, 0.2) is 18.2 Å². The summed E-state index contributed by atoms with van der Waals surface area (Å²) in [6, 6.07) is 4.04. The topological polar surface area (TPSA) is 75.6 Å². The van der Waals surface area contributed by atoms with Crippen molar-refractivity contribution in [3.05, 3.63) is 29.6 Å². The number of aliphatic carboxylic acids is 1. The normalized spacial score (nSPS) is 16.1. The van der Waals surface area contributed by atoms with Crippen molar-refractivity contribution in [2.45, 2.75) is 25.7 Å². The van der Waals surface area contributed by atoms with Crippen LogP contribution in [0.25, 0.3) is 0 Å². The van der Waals surface area contributed by atoms with E-state index in [-0.39, 0.29) is 17.9 Å². The summed E-state index contributed by atoms with van der Waals surface area (Å²) in [6.45, 7) is 0.346. The molecule has 0 aliphatic heterocycles. The third kappa shape index (κ3) is 3.39. The number of benzene rings is 1. The largest absolute Gasteiger partial charge is 0.481 e. The molecule has 0 bridgehead atoms. The van der Waals surface area contributed by atoms with Crippen LogP contribution in [0.2, 0.25) is 0 Å². The molecule has 0 heterocycles. The standard InChI is InChI=1S/C15H18FNO4/c1-21-9-15(5-2-6-15)14(20)17-11-4-3-10(7-13(18)19)12(16)8-11/h3-4,8H,2,5-7,9H2,1H3,(H,17,20)(H,18,19). The number of carboxylic acids is 1. The van der Waals surface area contributed by atoms with Gasteiger partial charge in [-0.05, 0) is 30.5 Å². The number of ether oxygens (including phenoxy) is 1. The van der Waals surface area contributed by atoms with Crippen molar-refractivity contribution < 1.29 is 23.8 Å². The zero-order chi connectivity index (χ0) is 15.5. The molecule has 1 saturated carbocycles. The Hall–Kier alpha value is -1.95. The average molecular weight is 295 g/mol. The highest BCUT2D eigenvalue weighted by molar-refractivity contribution is 5.96. The number of hydrogen-bond donors (Lipinski definition) is 2. The van der Waals surface area contributed by atoms with Gasteiger partial charge in [-0.15, -0.1) is 0 Å². The molecule has 1 aliphatic rings. The number of carbonyl (C=O) groups excluding carboxylic acids is 1. The first-order valence-electron chi connectivity index (χ1n) is 6.77. The SMILES string of the molecule is COCC1(C(=O)Nc2ccc(CC(=O)O)c(F)c2)CCC1. The van der Waals surface area contributed by atoms with E-state index < -0.39 is 17.2 Å². The maximum absolute atomic E-state index is 13.8. The minimum atomic E-state index is -1.10. The summed E-state index contributed by atoms with van der Waals surface area (Å²) in [6.07, 6.45) is 2.11. The lowest BCUT2D eigenvalue weighted by atomic mass is 9.68. The highest BCUT2D eigenvalue weighted by atomic mass is 19.1. The highest BCUT2D eigenvalue weighted by Crippen LogP contribution is 2.42. The van der Waals surface area contributed by atoms with Crippen LogP contribution in [-0.4, -0.2) is 30.7 Å². The predicted molar refractivity (Wildman–Crippen MR) is 74.5 cm³/mol. The van der Waals surface area contributed by atoms with E-state index in [1.54, 1.807) is 7.11 Å². The van der Waals surface area contributed by atoms with Gasteiger partial charge in [-0.2, -0.15) is 0 Å². The molecular formula is C15H18FNO4. The summed E-state index contributed by atoms with van der Waals surface area (Å²) >= 11 is 0. The van der Waals surface area contributed by atoms with Gasteiger partial charge in [-0.1, -0.05) is 12.5 Å². The number of methoxy groups -OCH3 is 1. The van der Waals surface area contributed by atoms with E-state index in [0.29, 0.717) is 12.3 Å². The Labute approximate surface area is 122 Å². The number of carboxylic acid groups (broad SMARTS) is 1. The van der Waals surface area contributed by atoms with Gasteiger partial charge in [-0.3, -0.25) is 9.59 Å². The molecule has 6 heteroatoms. The van der Waals surface area contributed by atoms with Crippen LogP contribution in [0.4, 0.5) is 10.1 Å². The maximum Gasteiger partial charge on any atom is 0.307 e. The van der Waals surface area contributed by atoms with E-state index in [1.165, 1.54) is 12.1 Å². The van der Waals surface area contributed by atoms with Gasteiger partial charge in [0.05, 0.1) is 18.4 Å². The zero-order valence-corrected chi connectivity index (χ0v) is 11.8.